The summed E-state index contributed by atoms with van der Waals surface area (Å²) in [4.78, 5) is 15.7. The first-order chi connectivity index (χ1) is 10.6. The lowest BCUT2D eigenvalue weighted by molar-refractivity contribution is 0.236. The number of benzene rings is 1. The molecule has 0 radical (unpaired) electrons. The third-order valence-electron chi connectivity index (χ3n) is 2.94. The van der Waals surface area contributed by atoms with Gasteiger partial charge in [-0.1, -0.05) is 17.7 Å². The Labute approximate surface area is 134 Å². The Kier molecular flexibility index (Phi) is 6.03. The second kappa shape index (κ2) is 8.24. The average Bonchev–Trinajstić information content (AvgIpc) is 2.54. The molecule has 0 unspecified atom stereocenters. The maximum absolute atomic E-state index is 11.6. The van der Waals surface area contributed by atoms with Crippen LogP contribution in [0.5, 0.6) is 5.75 Å². The van der Waals surface area contributed by atoms with Crippen LogP contribution in [0.3, 0.4) is 0 Å². The lowest BCUT2D eigenvalue weighted by Crippen LogP contribution is -2.37. The van der Waals surface area contributed by atoms with Crippen LogP contribution in [-0.2, 0) is 6.54 Å². The first-order valence-corrected chi connectivity index (χ1v) is 7.33. The molecule has 0 saturated carbocycles. The summed E-state index contributed by atoms with van der Waals surface area (Å²) in [5.41, 5.74) is 1.77. The Hall–Kier alpha value is -2.27. The highest BCUT2D eigenvalue weighted by atomic mass is 35.5. The zero-order chi connectivity index (χ0) is 15.8. The number of aromatic nitrogens is 1. The summed E-state index contributed by atoms with van der Waals surface area (Å²) in [7, 11) is 0. The number of amides is 2. The van der Waals surface area contributed by atoms with Crippen LogP contribution < -0.4 is 15.4 Å². The fourth-order valence-corrected chi connectivity index (χ4v) is 1.89. The van der Waals surface area contributed by atoms with E-state index in [4.69, 9.17) is 16.3 Å². The molecule has 0 saturated heterocycles. The zero-order valence-corrected chi connectivity index (χ0v) is 13.1. The maximum atomic E-state index is 11.6. The number of pyridine rings is 1. The van der Waals surface area contributed by atoms with Crippen LogP contribution in [-0.4, -0.2) is 24.2 Å². The minimum Gasteiger partial charge on any atom is -0.492 e. The Morgan fingerprint density at radius 1 is 1.27 bits per heavy atom. The fourth-order valence-electron chi connectivity index (χ4n) is 1.78. The van der Waals surface area contributed by atoms with E-state index in [0.717, 1.165) is 17.0 Å². The number of hydrogen-bond acceptors (Lipinski definition) is 3. The van der Waals surface area contributed by atoms with Crippen LogP contribution >= 0.6 is 11.6 Å². The summed E-state index contributed by atoms with van der Waals surface area (Å²) in [5, 5.41) is 6.16. The molecule has 116 valence electrons. The highest BCUT2D eigenvalue weighted by Gasteiger charge is 2.01. The molecule has 1 heterocycles. The number of rotatable bonds is 6. The third kappa shape index (κ3) is 5.26. The molecule has 1 aromatic heterocycles. The molecule has 2 aromatic rings. The number of ether oxygens (including phenoxy) is 1. The average molecular weight is 320 g/mol. The number of urea groups is 1. The standard InChI is InChI=1S/C16H18ClN3O2/c1-12-10-14(5-6-15(12)17)22-9-8-19-16(21)20-11-13-4-2-3-7-18-13/h2-7,10H,8-9,11H2,1H3,(H2,19,20,21). The van der Waals surface area contributed by atoms with Gasteiger partial charge in [0.1, 0.15) is 12.4 Å². The number of carbonyl (C=O) groups is 1. The van der Waals surface area contributed by atoms with Gasteiger partial charge in [-0.15, -0.1) is 0 Å². The van der Waals surface area contributed by atoms with Crippen molar-refractivity contribution in [1.29, 1.82) is 0 Å². The SMILES string of the molecule is Cc1cc(OCCNC(=O)NCc2ccccn2)ccc1Cl. The molecule has 0 spiro atoms. The van der Waals surface area contributed by atoms with Crippen molar-refractivity contribution in [3.05, 3.63) is 58.9 Å². The number of aryl methyl sites for hydroxylation is 1. The van der Waals surface area contributed by atoms with Crippen LogP contribution in [0.25, 0.3) is 0 Å². The van der Waals surface area contributed by atoms with Gasteiger partial charge in [-0.05, 0) is 42.8 Å². The fraction of sp³-hybridized carbons (Fsp3) is 0.250. The Bertz CT molecular complexity index is 620. The Balaban J connectivity index is 1.63. The number of carbonyl (C=O) groups excluding carboxylic acids is 1. The number of hydrogen-bond donors (Lipinski definition) is 2. The second-order valence-electron chi connectivity index (χ2n) is 4.69. The Morgan fingerprint density at radius 3 is 2.86 bits per heavy atom. The molecule has 0 aliphatic heterocycles. The Morgan fingerprint density at radius 2 is 2.14 bits per heavy atom. The second-order valence-corrected chi connectivity index (χ2v) is 5.10. The molecular weight excluding hydrogens is 302 g/mol. The molecule has 0 aliphatic carbocycles. The largest absolute Gasteiger partial charge is 0.492 e. The van der Waals surface area contributed by atoms with Crippen molar-refractivity contribution >= 4 is 17.6 Å². The van der Waals surface area contributed by atoms with Crippen molar-refractivity contribution in [2.75, 3.05) is 13.2 Å². The van der Waals surface area contributed by atoms with Gasteiger partial charge in [0, 0.05) is 11.2 Å². The molecule has 0 bridgehead atoms. The number of halogens is 1. The van der Waals surface area contributed by atoms with Gasteiger partial charge in [0.05, 0.1) is 18.8 Å². The predicted molar refractivity (Wildman–Crippen MR) is 86.2 cm³/mol. The molecule has 1 aromatic carbocycles. The number of nitrogens with one attached hydrogen (secondary N) is 2. The molecule has 0 atom stereocenters. The van der Waals surface area contributed by atoms with E-state index in [1.54, 1.807) is 18.3 Å². The first-order valence-electron chi connectivity index (χ1n) is 6.96. The van der Waals surface area contributed by atoms with E-state index in [2.05, 4.69) is 15.6 Å². The van der Waals surface area contributed by atoms with Crippen LogP contribution in [0.1, 0.15) is 11.3 Å². The van der Waals surface area contributed by atoms with Crippen LogP contribution in [0.2, 0.25) is 5.02 Å². The summed E-state index contributed by atoms with van der Waals surface area (Å²) < 4.78 is 5.54. The maximum Gasteiger partial charge on any atom is 0.315 e. The lowest BCUT2D eigenvalue weighted by atomic mass is 10.2. The van der Waals surface area contributed by atoms with Crippen molar-refractivity contribution in [2.45, 2.75) is 13.5 Å². The van der Waals surface area contributed by atoms with E-state index in [1.807, 2.05) is 31.2 Å². The molecule has 0 fully saturated rings. The topological polar surface area (TPSA) is 63.2 Å². The predicted octanol–water partition coefficient (Wildman–Crippen LogP) is 2.92. The van der Waals surface area contributed by atoms with E-state index in [1.165, 1.54) is 0 Å². The van der Waals surface area contributed by atoms with Gasteiger partial charge in [-0.25, -0.2) is 4.79 Å². The van der Waals surface area contributed by atoms with Crippen molar-refractivity contribution in [3.8, 4) is 5.75 Å². The van der Waals surface area contributed by atoms with Gasteiger partial charge < -0.3 is 15.4 Å². The van der Waals surface area contributed by atoms with E-state index in [-0.39, 0.29) is 6.03 Å². The van der Waals surface area contributed by atoms with Gasteiger partial charge in [0.2, 0.25) is 0 Å². The van der Waals surface area contributed by atoms with Crippen molar-refractivity contribution in [1.82, 2.24) is 15.6 Å². The third-order valence-corrected chi connectivity index (χ3v) is 3.37. The van der Waals surface area contributed by atoms with Crippen LogP contribution in [0.4, 0.5) is 4.79 Å². The van der Waals surface area contributed by atoms with Crippen LogP contribution in [0.15, 0.2) is 42.6 Å². The minimum atomic E-state index is -0.249. The molecule has 2 N–H and O–H groups in total. The van der Waals surface area contributed by atoms with Gasteiger partial charge in [-0.2, -0.15) is 0 Å². The molecule has 6 heteroatoms. The van der Waals surface area contributed by atoms with Gasteiger partial charge in [0.25, 0.3) is 0 Å². The highest BCUT2D eigenvalue weighted by molar-refractivity contribution is 6.31. The summed E-state index contributed by atoms with van der Waals surface area (Å²) in [6, 6.07) is 10.8. The van der Waals surface area contributed by atoms with Crippen molar-refractivity contribution in [3.63, 3.8) is 0 Å². The van der Waals surface area contributed by atoms with E-state index < -0.39 is 0 Å². The first kappa shape index (κ1) is 16.1. The quantitative estimate of drug-likeness (QED) is 0.805. The number of nitrogens with zero attached hydrogens (tertiary/aromatic N) is 1. The summed E-state index contributed by atoms with van der Waals surface area (Å²) in [5.74, 6) is 0.734. The van der Waals surface area contributed by atoms with Crippen LogP contribution in [0, 0.1) is 6.92 Å². The van der Waals surface area contributed by atoms with E-state index >= 15 is 0 Å². The van der Waals surface area contributed by atoms with Gasteiger partial charge in [0.15, 0.2) is 0 Å². The van der Waals surface area contributed by atoms with Crippen molar-refractivity contribution in [2.24, 2.45) is 0 Å². The summed E-state index contributed by atoms with van der Waals surface area (Å²) in [6.45, 7) is 3.11. The summed E-state index contributed by atoms with van der Waals surface area (Å²) >= 11 is 5.94. The molecule has 0 aliphatic rings. The molecule has 5 nitrogen and oxygen atoms in total. The lowest BCUT2D eigenvalue weighted by Gasteiger charge is -2.09. The molecular formula is C16H18ClN3O2. The highest BCUT2D eigenvalue weighted by Crippen LogP contribution is 2.20. The molecule has 22 heavy (non-hydrogen) atoms. The molecule has 2 amide bonds. The van der Waals surface area contributed by atoms with Gasteiger partial charge in [-0.3, -0.25) is 4.98 Å². The normalized spacial score (nSPS) is 10.1. The van der Waals surface area contributed by atoms with E-state index in [0.29, 0.717) is 24.7 Å². The minimum absolute atomic E-state index is 0.249. The smallest absolute Gasteiger partial charge is 0.315 e. The summed E-state index contributed by atoms with van der Waals surface area (Å²) in [6.07, 6.45) is 1.69. The van der Waals surface area contributed by atoms with Crippen molar-refractivity contribution < 1.29 is 9.53 Å². The monoisotopic (exact) mass is 319 g/mol. The zero-order valence-electron chi connectivity index (χ0n) is 12.3. The molecule has 2 rings (SSSR count). The van der Waals surface area contributed by atoms with E-state index in [9.17, 15) is 4.79 Å². The van der Waals surface area contributed by atoms with Gasteiger partial charge >= 0.3 is 6.03 Å².